The van der Waals surface area contributed by atoms with Gasteiger partial charge >= 0.3 is 0 Å². The molecule has 0 radical (unpaired) electrons. The molecule has 24 heavy (non-hydrogen) atoms. The minimum atomic E-state index is -0.184. The Kier molecular flexibility index (Phi) is 4.47. The van der Waals surface area contributed by atoms with Crippen LogP contribution in [0.2, 0.25) is 0 Å². The fourth-order valence-electron chi connectivity index (χ4n) is 2.65. The van der Waals surface area contributed by atoms with Crippen LogP contribution in [0.25, 0.3) is 6.08 Å². The first-order valence-electron chi connectivity index (χ1n) is 7.93. The summed E-state index contributed by atoms with van der Waals surface area (Å²) in [6.07, 6.45) is 1.80. The minimum Gasteiger partial charge on any atom is -0.496 e. The summed E-state index contributed by atoms with van der Waals surface area (Å²) in [6, 6.07) is 15.5. The molecule has 0 saturated heterocycles. The monoisotopic (exact) mass is 320 g/mol. The SMILES string of the molecule is COc1ccc(/C=C2/N=C(c3ccccc3)NC2=O)cc1C(C)C. The van der Waals surface area contributed by atoms with E-state index in [2.05, 4.69) is 24.2 Å². The molecule has 0 fully saturated rings. The van der Waals surface area contributed by atoms with Crippen molar-refractivity contribution >= 4 is 17.8 Å². The van der Waals surface area contributed by atoms with Crippen molar-refractivity contribution in [3.63, 3.8) is 0 Å². The van der Waals surface area contributed by atoms with Crippen LogP contribution in [0.1, 0.15) is 36.5 Å². The van der Waals surface area contributed by atoms with Crippen molar-refractivity contribution in [1.29, 1.82) is 0 Å². The van der Waals surface area contributed by atoms with Crippen LogP contribution in [0.4, 0.5) is 0 Å². The Bertz CT molecular complexity index is 821. The molecule has 0 unspecified atom stereocenters. The van der Waals surface area contributed by atoms with Crippen molar-refractivity contribution in [2.24, 2.45) is 4.99 Å². The van der Waals surface area contributed by atoms with E-state index in [1.54, 1.807) is 13.2 Å². The predicted molar refractivity (Wildman–Crippen MR) is 96.2 cm³/mol. The van der Waals surface area contributed by atoms with Gasteiger partial charge in [0.1, 0.15) is 17.3 Å². The number of methoxy groups -OCH3 is 1. The van der Waals surface area contributed by atoms with Crippen molar-refractivity contribution in [3.8, 4) is 5.75 Å². The van der Waals surface area contributed by atoms with Crippen LogP contribution in [-0.2, 0) is 4.79 Å². The van der Waals surface area contributed by atoms with Crippen LogP contribution in [0.15, 0.2) is 59.2 Å². The molecule has 0 aliphatic carbocycles. The topological polar surface area (TPSA) is 50.7 Å². The van der Waals surface area contributed by atoms with E-state index in [9.17, 15) is 4.79 Å². The smallest absolute Gasteiger partial charge is 0.275 e. The van der Waals surface area contributed by atoms with Crippen molar-refractivity contribution in [3.05, 3.63) is 70.9 Å². The van der Waals surface area contributed by atoms with Gasteiger partial charge in [-0.3, -0.25) is 4.79 Å². The Hall–Kier alpha value is -2.88. The number of hydrogen-bond donors (Lipinski definition) is 1. The molecule has 0 atom stereocenters. The molecule has 4 nitrogen and oxygen atoms in total. The number of ether oxygens (including phenoxy) is 1. The molecule has 2 aromatic carbocycles. The van der Waals surface area contributed by atoms with Gasteiger partial charge in [0.25, 0.3) is 5.91 Å². The lowest BCUT2D eigenvalue weighted by Crippen LogP contribution is -2.24. The summed E-state index contributed by atoms with van der Waals surface area (Å²) in [5.41, 5.74) is 3.35. The maximum Gasteiger partial charge on any atom is 0.275 e. The number of hydrogen-bond acceptors (Lipinski definition) is 3. The summed E-state index contributed by atoms with van der Waals surface area (Å²) in [5, 5.41) is 2.82. The van der Waals surface area contributed by atoms with E-state index in [-0.39, 0.29) is 5.91 Å². The Morgan fingerprint density at radius 1 is 1.12 bits per heavy atom. The minimum absolute atomic E-state index is 0.184. The van der Waals surface area contributed by atoms with Crippen molar-refractivity contribution < 1.29 is 9.53 Å². The summed E-state index contributed by atoms with van der Waals surface area (Å²) in [6.45, 7) is 4.23. The van der Waals surface area contributed by atoms with Gasteiger partial charge in [0.2, 0.25) is 0 Å². The highest BCUT2D eigenvalue weighted by molar-refractivity contribution is 6.19. The van der Waals surface area contributed by atoms with Gasteiger partial charge in [0.15, 0.2) is 0 Å². The Labute approximate surface area is 141 Å². The van der Waals surface area contributed by atoms with Crippen molar-refractivity contribution in [2.45, 2.75) is 19.8 Å². The van der Waals surface area contributed by atoms with Gasteiger partial charge in [0, 0.05) is 5.56 Å². The third-order valence-corrected chi connectivity index (χ3v) is 3.92. The van der Waals surface area contributed by atoms with Gasteiger partial charge < -0.3 is 10.1 Å². The van der Waals surface area contributed by atoms with E-state index >= 15 is 0 Å². The van der Waals surface area contributed by atoms with Gasteiger partial charge in [-0.1, -0.05) is 50.2 Å². The number of nitrogens with zero attached hydrogens (tertiary/aromatic N) is 1. The second-order valence-corrected chi connectivity index (χ2v) is 5.97. The first-order chi connectivity index (χ1) is 11.6. The second kappa shape index (κ2) is 6.71. The van der Waals surface area contributed by atoms with Gasteiger partial charge in [0.05, 0.1) is 7.11 Å². The largest absolute Gasteiger partial charge is 0.496 e. The maximum absolute atomic E-state index is 12.2. The Balaban J connectivity index is 1.95. The predicted octanol–water partition coefficient (Wildman–Crippen LogP) is 3.74. The number of amides is 1. The van der Waals surface area contributed by atoms with E-state index in [1.807, 2.05) is 48.5 Å². The number of rotatable bonds is 4. The number of amidine groups is 1. The van der Waals surface area contributed by atoms with E-state index in [0.29, 0.717) is 17.5 Å². The van der Waals surface area contributed by atoms with Crippen LogP contribution in [0.5, 0.6) is 5.75 Å². The van der Waals surface area contributed by atoms with Crippen molar-refractivity contribution in [1.82, 2.24) is 5.32 Å². The first-order valence-corrected chi connectivity index (χ1v) is 7.93. The lowest BCUT2D eigenvalue weighted by Gasteiger charge is -2.12. The van der Waals surface area contributed by atoms with Gasteiger partial charge in [-0.05, 0) is 35.3 Å². The van der Waals surface area contributed by atoms with Crippen LogP contribution in [0, 0.1) is 0 Å². The third kappa shape index (κ3) is 3.23. The summed E-state index contributed by atoms with van der Waals surface area (Å²) in [5.74, 6) is 1.59. The zero-order valence-corrected chi connectivity index (χ0v) is 14.0. The number of benzene rings is 2. The highest BCUT2D eigenvalue weighted by Crippen LogP contribution is 2.28. The second-order valence-electron chi connectivity index (χ2n) is 5.97. The number of aliphatic imine (C=N–C) groups is 1. The van der Waals surface area contributed by atoms with E-state index in [1.165, 1.54) is 0 Å². The molecular formula is C20H20N2O2. The molecule has 1 N–H and O–H groups in total. The molecule has 4 heteroatoms. The molecule has 0 bridgehead atoms. The molecule has 122 valence electrons. The standard InChI is InChI=1S/C20H20N2O2/c1-13(2)16-11-14(9-10-18(16)24-3)12-17-20(23)22-19(21-17)15-7-5-4-6-8-15/h4-13H,1-3H3,(H,21,22,23)/b17-12+. The number of nitrogens with one attached hydrogen (secondary N) is 1. The fourth-order valence-corrected chi connectivity index (χ4v) is 2.65. The molecular weight excluding hydrogens is 300 g/mol. The van der Waals surface area contributed by atoms with E-state index in [4.69, 9.17) is 4.74 Å². The Morgan fingerprint density at radius 3 is 2.54 bits per heavy atom. The molecule has 1 amide bonds. The zero-order chi connectivity index (χ0) is 17.1. The molecule has 0 spiro atoms. The van der Waals surface area contributed by atoms with Gasteiger partial charge in [-0.15, -0.1) is 0 Å². The number of carbonyl (C=O) groups excluding carboxylic acids is 1. The average Bonchev–Trinajstić information content (AvgIpc) is 2.96. The molecule has 1 aliphatic heterocycles. The lowest BCUT2D eigenvalue weighted by molar-refractivity contribution is -0.115. The summed E-state index contributed by atoms with van der Waals surface area (Å²) < 4.78 is 5.40. The van der Waals surface area contributed by atoms with Gasteiger partial charge in [-0.2, -0.15) is 0 Å². The molecule has 1 heterocycles. The quantitative estimate of drug-likeness (QED) is 0.873. The van der Waals surface area contributed by atoms with E-state index in [0.717, 1.165) is 22.4 Å². The maximum atomic E-state index is 12.2. The summed E-state index contributed by atoms with van der Waals surface area (Å²) >= 11 is 0. The highest BCUT2D eigenvalue weighted by Gasteiger charge is 2.21. The Morgan fingerprint density at radius 2 is 1.88 bits per heavy atom. The van der Waals surface area contributed by atoms with E-state index < -0.39 is 0 Å². The zero-order valence-electron chi connectivity index (χ0n) is 14.0. The number of carbonyl (C=O) groups is 1. The molecule has 0 saturated carbocycles. The van der Waals surface area contributed by atoms with Crippen LogP contribution in [0.3, 0.4) is 0 Å². The third-order valence-electron chi connectivity index (χ3n) is 3.92. The molecule has 3 rings (SSSR count). The molecule has 1 aliphatic rings. The fraction of sp³-hybridized carbons (Fsp3) is 0.200. The van der Waals surface area contributed by atoms with Crippen LogP contribution >= 0.6 is 0 Å². The summed E-state index contributed by atoms with van der Waals surface area (Å²) in [4.78, 5) is 16.6. The molecule has 0 aromatic heterocycles. The summed E-state index contributed by atoms with van der Waals surface area (Å²) in [7, 11) is 1.67. The first kappa shape index (κ1) is 16.0. The van der Waals surface area contributed by atoms with Crippen LogP contribution in [-0.4, -0.2) is 18.9 Å². The van der Waals surface area contributed by atoms with Crippen molar-refractivity contribution in [2.75, 3.05) is 7.11 Å². The highest BCUT2D eigenvalue weighted by atomic mass is 16.5. The van der Waals surface area contributed by atoms with Gasteiger partial charge in [-0.25, -0.2) is 4.99 Å². The molecule has 2 aromatic rings. The van der Waals surface area contributed by atoms with Crippen LogP contribution < -0.4 is 10.1 Å². The normalized spacial score (nSPS) is 15.6. The average molecular weight is 320 g/mol. The lowest BCUT2D eigenvalue weighted by atomic mass is 9.99.